The van der Waals surface area contributed by atoms with Crippen molar-refractivity contribution in [2.75, 3.05) is 13.7 Å². The van der Waals surface area contributed by atoms with E-state index < -0.39 is 4.92 Å². The Morgan fingerprint density at radius 3 is 2.74 bits per heavy atom. The molecule has 138 valence electrons. The van der Waals surface area contributed by atoms with Crippen molar-refractivity contribution < 1.29 is 14.5 Å². The number of fused-ring (bicyclic) bond motifs is 1. The summed E-state index contributed by atoms with van der Waals surface area (Å²) in [5, 5.41) is 14.5. The quantitative estimate of drug-likeness (QED) is 0.381. The van der Waals surface area contributed by atoms with Gasteiger partial charge in [0.05, 0.1) is 12.0 Å². The van der Waals surface area contributed by atoms with Gasteiger partial charge in [-0.3, -0.25) is 14.9 Å². The van der Waals surface area contributed by atoms with Crippen molar-refractivity contribution in [3.05, 3.63) is 76.0 Å². The van der Waals surface area contributed by atoms with Gasteiger partial charge in [-0.1, -0.05) is 0 Å². The maximum absolute atomic E-state index is 12.0. The Labute approximate surface area is 155 Å². The van der Waals surface area contributed by atoms with Gasteiger partial charge in [-0.25, -0.2) is 0 Å². The number of carbonyl (C=O) groups excluding carboxylic acids is 1. The molecule has 0 radical (unpaired) electrons. The van der Waals surface area contributed by atoms with Crippen molar-refractivity contribution in [3.8, 4) is 5.75 Å². The molecule has 0 fully saturated rings. The highest BCUT2D eigenvalue weighted by Gasteiger charge is 2.06. The number of H-pyrrole nitrogens is 1. The smallest absolute Gasteiger partial charge is 0.269 e. The number of ether oxygens (including phenoxy) is 1. The number of nitrogens with one attached hydrogen (secondary N) is 2. The molecule has 0 spiro atoms. The molecular formula is C20H19N3O4. The van der Waals surface area contributed by atoms with Crippen LogP contribution >= 0.6 is 0 Å². The van der Waals surface area contributed by atoms with Crippen LogP contribution in [-0.4, -0.2) is 29.5 Å². The Kier molecular flexibility index (Phi) is 5.51. The first kappa shape index (κ1) is 18.2. The minimum absolute atomic E-state index is 0.0203. The van der Waals surface area contributed by atoms with Gasteiger partial charge in [0.25, 0.3) is 5.69 Å². The molecule has 0 bridgehead atoms. The molecule has 2 N–H and O–H groups in total. The summed E-state index contributed by atoms with van der Waals surface area (Å²) in [6.07, 6.45) is 5.66. The molecule has 1 heterocycles. The van der Waals surface area contributed by atoms with Gasteiger partial charge >= 0.3 is 0 Å². The van der Waals surface area contributed by atoms with Crippen LogP contribution in [0.2, 0.25) is 0 Å². The number of non-ortho nitro benzene ring substituents is 1. The van der Waals surface area contributed by atoms with E-state index >= 15 is 0 Å². The van der Waals surface area contributed by atoms with Crippen molar-refractivity contribution >= 4 is 28.6 Å². The molecule has 3 aromatic rings. The van der Waals surface area contributed by atoms with E-state index in [1.54, 1.807) is 25.3 Å². The topological polar surface area (TPSA) is 97.3 Å². The summed E-state index contributed by atoms with van der Waals surface area (Å²) in [6, 6.07) is 11.8. The number of aromatic amines is 1. The lowest BCUT2D eigenvalue weighted by Crippen LogP contribution is -2.23. The lowest BCUT2D eigenvalue weighted by Gasteiger charge is -2.03. The third-order valence-corrected chi connectivity index (χ3v) is 4.20. The Balaban J connectivity index is 1.54. The molecule has 7 heteroatoms. The van der Waals surface area contributed by atoms with E-state index in [4.69, 9.17) is 4.74 Å². The van der Waals surface area contributed by atoms with E-state index in [1.807, 2.05) is 24.4 Å². The molecule has 1 amide bonds. The summed E-state index contributed by atoms with van der Waals surface area (Å²) in [5.41, 5.74) is 2.87. The maximum Gasteiger partial charge on any atom is 0.269 e. The fourth-order valence-electron chi connectivity index (χ4n) is 2.75. The normalized spacial score (nSPS) is 11.0. The van der Waals surface area contributed by atoms with Crippen molar-refractivity contribution in [1.82, 2.24) is 10.3 Å². The average Bonchev–Trinajstić information content (AvgIpc) is 3.09. The van der Waals surface area contributed by atoms with Gasteiger partial charge in [0, 0.05) is 41.9 Å². The van der Waals surface area contributed by atoms with Crippen molar-refractivity contribution in [2.45, 2.75) is 6.42 Å². The van der Waals surface area contributed by atoms with E-state index in [9.17, 15) is 14.9 Å². The van der Waals surface area contributed by atoms with Crippen LogP contribution in [0.5, 0.6) is 5.75 Å². The summed E-state index contributed by atoms with van der Waals surface area (Å²) < 4.78 is 5.25. The average molecular weight is 365 g/mol. The molecule has 7 nitrogen and oxygen atoms in total. The second kappa shape index (κ2) is 8.18. The molecule has 0 unspecified atom stereocenters. The number of amides is 1. The van der Waals surface area contributed by atoms with Gasteiger partial charge in [0.15, 0.2) is 0 Å². The van der Waals surface area contributed by atoms with Gasteiger partial charge in [0.1, 0.15) is 5.75 Å². The molecule has 0 aliphatic carbocycles. The first-order valence-electron chi connectivity index (χ1n) is 8.41. The molecular weight excluding hydrogens is 346 g/mol. The first-order chi connectivity index (χ1) is 13.1. The number of aromatic nitrogens is 1. The Hall–Kier alpha value is -3.61. The van der Waals surface area contributed by atoms with Crippen LogP contribution in [0.3, 0.4) is 0 Å². The second-order valence-electron chi connectivity index (χ2n) is 5.95. The van der Waals surface area contributed by atoms with Crippen LogP contribution in [0.15, 0.2) is 54.7 Å². The van der Waals surface area contributed by atoms with Crippen LogP contribution in [0.1, 0.15) is 11.1 Å². The van der Waals surface area contributed by atoms with Crippen LogP contribution in [0.25, 0.3) is 17.0 Å². The summed E-state index contributed by atoms with van der Waals surface area (Å²) in [7, 11) is 1.63. The molecule has 1 aromatic heterocycles. The maximum atomic E-state index is 12.0. The minimum atomic E-state index is -0.458. The third-order valence-electron chi connectivity index (χ3n) is 4.20. The fraction of sp³-hybridized carbons (Fsp3) is 0.150. The fourth-order valence-corrected chi connectivity index (χ4v) is 2.75. The highest BCUT2D eigenvalue weighted by Crippen LogP contribution is 2.23. The number of hydrogen-bond donors (Lipinski definition) is 2. The lowest BCUT2D eigenvalue weighted by molar-refractivity contribution is -0.384. The van der Waals surface area contributed by atoms with Crippen LogP contribution in [0.4, 0.5) is 5.69 Å². The van der Waals surface area contributed by atoms with Gasteiger partial charge < -0.3 is 15.0 Å². The predicted molar refractivity (Wildman–Crippen MR) is 104 cm³/mol. The zero-order valence-corrected chi connectivity index (χ0v) is 14.8. The highest BCUT2D eigenvalue weighted by molar-refractivity contribution is 5.91. The van der Waals surface area contributed by atoms with E-state index in [-0.39, 0.29) is 11.6 Å². The molecule has 0 saturated carbocycles. The molecule has 0 atom stereocenters. The lowest BCUT2D eigenvalue weighted by atomic mass is 10.1. The number of nitrogens with zero attached hydrogens (tertiary/aromatic N) is 1. The minimum Gasteiger partial charge on any atom is -0.497 e. The first-order valence-corrected chi connectivity index (χ1v) is 8.41. The van der Waals surface area contributed by atoms with Crippen LogP contribution in [0, 0.1) is 10.1 Å². The van der Waals surface area contributed by atoms with E-state index in [0.29, 0.717) is 13.0 Å². The summed E-state index contributed by atoms with van der Waals surface area (Å²) >= 11 is 0. The number of benzene rings is 2. The van der Waals surface area contributed by atoms with Crippen LogP contribution < -0.4 is 10.1 Å². The number of methoxy groups -OCH3 is 1. The van der Waals surface area contributed by atoms with Crippen molar-refractivity contribution in [2.24, 2.45) is 0 Å². The predicted octanol–water partition coefficient (Wildman–Crippen LogP) is 3.46. The SMILES string of the molecule is COc1ccc2[nH]cc(CCNC(=O)/C=C/c3ccc([N+](=O)[O-])cc3)c2c1. The number of carbonyl (C=O) groups is 1. The standard InChI is InChI=1S/C20H19N3O4/c1-27-17-7-8-19-18(12-17)15(13-22-19)10-11-21-20(24)9-4-14-2-5-16(6-3-14)23(25)26/h2-9,12-13,22H,10-11H2,1H3,(H,21,24)/b9-4+. The third kappa shape index (κ3) is 4.52. The summed E-state index contributed by atoms with van der Waals surface area (Å²) in [5.74, 6) is 0.573. The van der Waals surface area contributed by atoms with Crippen LogP contribution in [-0.2, 0) is 11.2 Å². The Bertz CT molecular complexity index is 990. The molecule has 27 heavy (non-hydrogen) atoms. The zero-order chi connectivity index (χ0) is 19.2. The van der Waals surface area contributed by atoms with E-state index in [2.05, 4.69) is 10.3 Å². The van der Waals surface area contributed by atoms with Crippen molar-refractivity contribution in [3.63, 3.8) is 0 Å². The van der Waals surface area contributed by atoms with E-state index in [0.717, 1.165) is 27.8 Å². The summed E-state index contributed by atoms with van der Waals surface area (Å²) in [4.78, 5) is 25.3. The van der Waals surface area contributed by atoms with Gasteiger partial charge in [-0.05, 0) is 54.0 Å². The molecule has 0 saturated heterocycles. The Morgan fingerprint density at radius 1 is 1.26 bits per heavy atom. The number of rotatable bonds is 7. The molecule has 3 rings (SSSR count). The second-order valence-corrected chi connectivity index (χ2v) is 5.95. The number of hydrogen-bond acceptors (Lipinski definition) is 4. The summed E-state index contributed by atoms with van der Waals surface area (Å²) in [6.45, 7) is 0.494. The van der Waals surface area contributed by atoms with Gasteiger partial charge in [-0.2, -0.15) is 0 Å². The highest BCUT2D eigenvalue weighted by atomic mass is 16.6. The van der Waals surface area contributed by atoms with Gasteiger partial charge in [-0.15, -0.1) is 0 Å². The molecule has 0 aliphatic heterocycles. The Morgan fingerprint density at radius 2 is 2.04 bits per heavy atom. The molecule has 0 aliphatic rings. The molecule has 2 aromatic carbocycles. The number of nitro groups is 1. The number of nitro benzene ring substituents is 1. The largest absolute Gasteiger partial charge is 0.497 e. The van der Waals surface area contributed by atoms with Crippen molar-refractivity contribution in [1.29, 1.82) is 0 Å². The van der Waals surface area contributed by atoms with E-state index in [1.165, 1.54) is 18.2 Å². The zero-order valence-electron chi connectivity index (χ0n) is 14.8. The monoisotopic (exact) mass is 365 g/mol. The van der Waals surface area contributed by atoms with Gasteiger partial charge in [0.2, 0.25) is 5.91 Å².